The molecule has 0 radical (unpaired) electrons. The van der Waals surface area contributed by atoms with Crippen molar-refractivity contribution in [1.29, 1.82) is 5.26 Å². The number of piperidine rings is 1. The first-order chi connectivity index (χ1) is 14.6. The maximum absolute atomic E-state index is 12.4. The van der Waals surface area contributed by atoms with Crippen molar-refractivity contribution >= 4 is 17.5 Å². The Morgan fingerprint density at radius 3 is 2.77 bits per heavy atom. The SMILES string of the molecule is CN1C(=O)Cc2c(-c3ccc(C[C@@H](C#N)NC(=O)[C@@H]4CCCCN4)cc3)cccc21. The first-order valence-corrected chi connectivity index (χ1v) is 10.5. The molecule has 0 spiro atoms. The summed E-state index contributed by atoms with van der Waals surface area (Å²) in [6.07, 6.45) is 3.82. The molecule has 1 fully saturated rings. The molecule has 30 heavy (non-hydrogen) atoms. The number of anilines is 1. The van der Waals surface area contributed by atoms with Crippen LogP contribution >= 0.6 is 0 Å². The van der Waals surface area contributed by atoms with Gasteiger partial charge in [0.25, 0.3) is 0 Å². The molecule has 2 atom stereocenters. The Morgan fingerprint density at radius 1 is 1.27 bits per heavy atom. The van der Waals surface area contributed by atoms with E-state index in [9.17, 15) is 14.9 Å². The van der Waals surface area contributed by atoms with Crippen LogP contribution in [0, 0.1) is 11.3 Å². The Morgan fingerprint density at radius 2 is 2.07 bits per heavy atom. The van der Waals surface area contributed by atoms with E-state index in [0.29, 0.717) is 12.8 Å². The van der Waals surface area contributed by atoms with Gasteiger partial charge in [-0.15, -0.1) is 0 Å². The van der Waals surface area contributed by atoms with E-state index >= 15 is 0 Å². The number of hydrogen-bond donors (Lipinski definition) is 2. The molecular weight excluding hydrogens is 376 g/mol. The summed E-state index contributed by atoms with van der Waals surface area (Å²) in [5.74, 6) is 0.0145. The van der Waals surface area contributed by atoms with E-state index in [2.05, 4.69) is 16.7 Å². The maximum Gasteiger partial charge on any atom is 0.238 e. The molecule has 0 aliphatic carbocycles. The van der Waals surface area contributed by atoms with Gasteiger partial charge in [0.1, 0.15) is 6.04 Å². The van der Waals surface area contributed by atoms with E-state index in [-0.39, 0.29) is 17.9 Å². The summed E-state index contributed by atoms with van der Waals surface area (Å²) in [5, 5.41) is 15.6. The first kappa shape index (κ1) is 20.1. The third-order valence-electron chi connectivity index (χ3n) is 6.02. The van der Waals surface area contributed by atoms with Crippen LogP contribution in [-0.4, -0.2) is 37.5 Å². The summed E-state index contributed by atoms with van der Waals surface area (Å²) >= 11 is 0. The molecule has 2 aromatic rings. The van der Waals surface area contributed by atoms with E-state index in [0.717, 1.165) is 53.7 Å². The second kappa shape index (κ2) is 8.68. The quantitative estimate of drug-likeness (QED) is 0.805. The lowest BCUT2D eigenvalue weighted by Crippen LogP contribution is -2.49. The number of amides is 2. The highest BCUT2D eigenvalue weighted by Gasteiger charge is 2.26. The number of nitrogens with zero attached hydrogens (tertiary/aromatic N) is 2. The van der Waals surface area contributed by atoms with Crippen LogP contribution in [0.15, 0.2) is 42.5 Å². The number of carbonyl (C=O) groups is 2. The average molecular weight is 402 g/mol. The Hall–Kier alpha value is -3.17. The molecule has 0 unspecified atom stereocenters. The highest BCUT2D eigenvalue weighted by molar-refractivity contribution is 6.03. The van der Waals surface area contributed by atoms with Crippen LogP contribution in [0.2, 0.25) is 0 Å². The lowest BCUT2D eigenvalue weighted by Gasteiger charge is -2.23. The molecule has 154 valence electrons. The molecule has 0 bridgehead atoms. The van der Waals surface area contributed by atoms with Crippen LogP contribution in [0.3, 0.4) is 0 Å². The second-order valence-corrected chi connectivity index (χ2v) is 8.03. The largest absolute Gasteiger partial charge is 0.339 e. The molecule has 6 heteroatoms. The number of hydrogen-bond acceptors (Lipinski definition) is 4. The molecule has 6 nitrogen and oxygen atoms in total. The number of rotatable bonds is 5. The number of nitriles is 1. The van der Waals surface area contributed by atoms with Crippen LogP contribution < -0.4 is 15.5 Å². The third-order valence-corrected chi connectivity index (χ3v) is 6.02. The Labute approximate surface area is 176 Å². The van der Waals surface area contributed by atoms with Gasteiger partial charge in [-0.05, 0) is 47.7 Å². The molecule has 0 aromatic heterocycles. The minimum atomic E-state index is -0.556. The number of fused-ring (bicyclic) bond motifs is 1. The fraction of sp³-hybridized carbons (Fsp3) is 0.375. The smallest absolute Gasteiger partial charge is 0.238 e. The minimum Gasteiger partial charge on any atom is -0.339 e. The van der Waals surface area contributed by atoms with E-state index in [4.69, 9.17) is 0 Å². The van der Waals surface area contributed by atoms with Crippen molar-refractivity contribution in [3.05, 3.63) is 53.6 Å². The van der Waals surface area contributed by atoms with Gasteiger partial charge in [0.05, 0.1) is 18.5 Å². The molecule has 2 aromatic carbocycles. The Bertz CT molecular complexity index is 987. The van der Waals surface area contributed by atoms with E-state index < -0.39 is 6.04 Å². The number of likely N-dealkylation sites (N-methyl/N-ethyl adjacent to an activating group) is 1. The summed E-state index contributed by atoms with van der Waals surface area (Å²) in [4.78, 5) is 26.2. The predicted molar refractivity (Wildman–Crippen MR) is 116 cm³/mol. The van der Waals surface area contributed by atoms with Crippen LogP contribution in [0.25, 0.3) is 11.1 Å². The van der Waals surface area contributed by atoms with Gasteiger partial charge in [0, 0.05) is 19.2 Å². The maximum atomic E-state index is 12.4. The van der Waals surface area contributed by atoms with Gasteiger partial charge in [0.15, 0.2) is 0 Å². The van der Waals surface area contributed by atoms with E-state index in [1.807, 2.05) is 42.5 Å². The average Bonchev–Trinajstić information content (AvgIpc) is 3.08. The molecule has 2 heterocycles. The van der Waals surface area contributed by atoms with Crippen molar-refractivity contribution in [2.45, 2.75) is 44.2 Å². The van der Waals surface area contributed by atoms with E-state index in [1.54, 1.807) is 11.9 Å². The zero-order chi connectivity index (χ0) is 21.1. The van der Waals surface area contributed by atoms with Crippen molar-refractivity contribution in [2.24, 2.45) is 0 Å². The monoisotopic (exact) mass is 402 g/mol. The molecule has 2 aliphatic rings. The van der Waals surface area contributed by atoms with E-state index in [1.165, 1.54) is 0 Å². The van der Waals surface area contributed by atoms with Crippen LogP contribution in [-0.2, 0) is 22.4 Å². The molecule has 1 saturated heterocycles. The highest BCUT2D eigenvalue weighted by Crippen LogP contribution is 2.36. The molecule has 2 amide bonds. The molecule has 0 saturated carbocycles. The number of benzene rings is 2. The second-order valence-electron chi connectivity index (χ2n) is 8.03. The van der Waals surface area contributed by atoms with Crippen LogP contribution in [0.1, 0.15) is 30.4 Å². The van der Waals surface area contributed by atoms with Gasteiger partial charge in [-0.3, -0.25) is 9.59 Å². The summed E-state index contributed by atoms with van der Waals surface area (Å²) in [5.41, 5.74) is 5.11. The van der Waals surface area contributed by atoms with Crippen LogP contribution in [0.4, 0.5) is 5.69 Å². The van der Waals surface area contributed by atoms with Gasteiger partial charge in [-0.25, -0.2) is 0 Å². The van der Waals surface area contributed by atoms with Gasteiger partial charge < -0.3 is 15.5 Å². The summed E-state index contributed by atoms with van der Waals surface area (Å²) in [6.45, 7) is 0.849. The van der Waals surface area contributed by atoms with Crippen molar-refractivity contribution in [1.82, 2.24) is 10.6 Å². The normalized spacial score (nSPS) is 19.1. The van der Waals surface area contributed by atoms with Crippen LogP contribution in [0.5, 0.6) is 0 Å². The predicted octanol–water partition coefficient (Wildman–Crippen LogP) is 2.57. The highest BCUT2D eigenvalue weighted by atomic mass is 16.2. The molecule has 2 aliphatic heterocycles. The zero-order valence-corrected chi connectivity index (χ0v) is 17.1. The Balaban J connectivity index is 1.45. The first-order valence-electron chi connectivity index (χ1n) is 10.5. The number of nitrogens with one attached hydrogen (secondary N) is 2. The third kappa shape index (κ3) is 4.07. The van der Waals surface area contributed by atoms with Crippen molar-refractivity contribution in [3.8, 4) is 17.2 Å². The van der Waals surface area contributed by atoms with Gasteiger partial charge >= 0.3 is 0 Å². The van der Waals surface area contributed by atoms with Gasteiger partial charge in [-0.2, -0.15) is 5.26 Å². The van der Waals surface area contributed by atoms with Gasteiger partial charge in [-0.1, -0.05) is 42.8 Å². The summed E-state index contributed by atoms with van der Waals surface area (Å²) in [7, 11) is 1.81. The van der Waals surface area contributed by atoms with Crippen molar-refractivity contribution in [2.75, 3.05) is 18.5 Å². The summed E-state index contributed by atoms with van der Waals surface area (Å²) < 4.78 is 0. The molecular formula is C24H26N4O2. The van der Waals surface area contributed by atoms with Crippen molar-refractivity contribution < 1.29 is 9.59 Å². The lowest BCUT2D eigenvalue weighted by molar-refractivity contribution is -0.124. The lowest BCUT2D eigenvalue weighted by atomic mass is 9.96. The zero-order valence-electron chi connectivity index (χ0n) is 17.1. The number of carbonyl (C=O) groups excluding carboxylic acids is 2. The minimum absolute atomic E-state index is 0.0912. The molecule has 4 rings (SSSR count). The molecule has 2 N–H and O–H groups in total. The van der Waals surface area contributed by atoms with Gasteiger partial charge in [0.2, 0.25) is 11.8 Å². The standard InChI is InChI=1S/C24H26N4O2/c1-28-22-7-4-5-19(20(22)14-23(28)29)17-10-8-16(9-11-17)13-18(15-25)27-24(30)21-6-2-3-12-26-21/h4-5,7-11,18,21,26H,2-3,6,12-14H2,1H3,(H,27,30)/t18-,21-/m0/s1. The Kier molecular flexibility index (Phi) is 5.82. The summed E-state index contributed by atoms with van der Waals surface area (Å²) in [6, 6.07) is 15.5. The topological polar surface area (TPSA) is 85.2 Å². The fourth-order valence-corrected chi connectivity index (χ4v) is 4.28. The van der Waals surface area contributed by atoms with Crippen molar-refractivity contribution in [3.63, 3.8) is 0 Å². The fourth-order valence-electron chi connectivity index (χ4n) is 4.28.